The quantitative estimate of drug-likeness (QED) is 0.168. The van der Waals surface area contributed by atoms with E-state index < -0.39 is 0 Å². The largest absolute Gasteiger partial charge is 0.309 e. The van der Waals surface area contributed by atoms with Gasteiger partial charge in [-0.2, -0.15) is 10.5 Å². The number of aryl methyl sites for hydroxylation is 4. The van der Waals surface area contributed by atoms with E-state index in [0.717, 1.165) is 71.6 Å². The highest BCUT2D eigenvalue weighted by molar-refractivity contribution is 6.12. The molecule has 10 aromatic rings. The summed E-state index contributed by atoms with van der Waals surface area (Å²) in [5.74, 6) is 3.72. The Morgan fingerprint density at radius 3 is 1.47 bits per heavy atom. The van der Waals surface area contributed by atoms with Crippen LogP contribution in [0.4, 0.5) is 0 Å². The Bertz CT molecular complexity index is 3390. The summed E-state index contributed by atoms with van der Waals surface area (Å²) in [6.07, 6.45) is 1.65. The van der Waals surface area contributed by atoms with Crippen LogP contribution in [-0.2, 0) is 0 Å². The lowest BCUT2D eigenvalue weighted by Gasteiger charge is -2.19. The van der Waals surface area contributed by atoms with Gasteiger partial charge in [-0.15, -0.1) is 0 Å². The number of hydrogen-bond donors (Lipinski definition) is 0. The van der Waals surface area contributed by atoms with E-state index in [1.54, 1.807) is 12.3 Å². The van der Waals surface area contributed by atoms with Crippen molar-refractivity contribution >= 4 is 43.6 Å². The third-order valence-corrected chi connectivity index (χ3v) is 10.5. The second-order valence-electron chi connectivity index (χ2n) is 14.2. The van der Waals surface area contributed by atoms with Crippen LogP contribution in [0.2, 0.25) is 0 Å². The summed E-state index contributed by atoms with van der Waals surface area (Å²) in [4.78, 5) is 31.8. The minimum Gasteiger partial charge on any atom is -0.309 e. The molecule has 5 aromatic heterocycles. The lowest BCUT2D eigenvalue weighted by Crippen LogP contribution is -2.04. The highest BCUT2D eigenvalue weighted by atomic mass is 15.0. The highest BCUT2D eigenvalue weighted by Gasteiger charge is 2.23. The Labute approximate surface area is 332 Å². The van der Waals surface area contributed by atoms with Gasteiger partial charge < -0.3 is 9.13 Å². The smallest absolute Gasteiger partial charge is 0.163 e. The summed E-state index contributed by atoms with van der Waals surface area (Å²) < 4.78 is 4.33. The van der Waals surface area contributed by atoms with E-state index >= 15 is 0 Å². The molecule has 11 nitrogen and oxygen atoms in total. The number of para-hydroxylation sites is 2. The number of benzene rings is 5. The number of hydrogen-bond acceptors (Lipinski definition) is 9. The minimum absolute atomic E-state index is 0.281. The lowest BCUT2D eigenvalue weighted by molar-refractivity contribution is 0.928. The standard InChI is InChI=1S/C47H31N11/c1-26-51-27(2)54-46(53-26)31-13-15-37-35-9-5-7-11-40(35)57(43(37)20-31)42-23-39(30-17-18-50-34(19-30)25-49)45(22-33(42)24-48)58-41-12-8-6-10-36(41)38-16-14-32(21-44(38)58)47-55-28(3)52-29(4)56-47/h5-23H,1-4H3. The normalized spacial score (nSPS) is 11.4. The molecule has 0 spiro atoms. The molecule has 0 N–H and O–H groups in total. The van der Waals surface area contributed by atoms with Crippen molar-refractivity contribution in [3.8, 4) is 57.4 Å². The van der Waals surface area contributed by atoms with Gasteiger partial charge in [0.25, 0.3) is 0 Å². The SMILES string of the molecule is Cc1nc(C)nc(-c2ccc3c4ccccc4n(-c4cc(-c5ccnc(C#N)c5)c(-n5c6ccccc6c6ccc(-c7nc(C)nc(C)n7)cc65)cc4C#N)c3c2)n1. The van der Waals surface area contributed by atoms with E-state index in [0.29, 0.717) is 46.2 Å². The van der Waals surface area contributed by atoms with Crippen LogP contribution in [0.15, 0.2) is 115 Å². The van der Waals surface area contributed by atoms with Crippen molar-refractivity contribution in [1.29, 1.82) is 10.5 Å². The van der Waals surface area contributed by atoms with E-state index in [4.69, 9.17) is 0 Å². The van der Waals surface area contributed by atoms with Crippen molar-refractivity contribution in [3.63, 3.8) is 0 Å². The minimum atomic E-state index is 0.281. The molecule has 0 aliphatic heterocycles. The predicted octanol–water partition coefficient (Wildman–Crippen LogP) is 9.62. The molecule has 0 saturated carbocycles. The first kappa shape index (κ1) is 34.3. The van der Waals surface area contributed by atoms with E-state index in [1.165, 1.54) is 0 Å². The Balaban J connectivity index is 1.31. The van der Waals surface area contributed by atoms with E-state index in [9.17, 15) is 10.5 Å². The molecule has 0 radical (unpaired) electrons. The van der Waals surface area contributed by atoms with E-state index in [2.05, 4.69) is 111 Å². The van der Waals surface area contributed by atoms with Crippen LogP contribution in [-0.4, -0.2) is 44.0 Å². The highest BCUT2D eigenvalue weighted by Crippen LogP contribution is 2.42. The summed E-state index contributed by atoms with van der Waals surface area (Å²) >= 11 is 0. The van der Waals surface area contributed by atoms with Gasteiger partial charge in [0.2, 0.25) is 0 Å². The van der Waals surface area contributed by atoms with Crippen molar-refractivity contribution in [2.24, 2.45) is 0 Å². The Hall–Kier alpha value is -8.15. The van der Waals surface area contributed by atoms with Crippen molar-refractivity contribution < 1.29 is 0 Å². The van der Waals surface area contributed by atoms with Crippen LogP contribution < -0.4 is 0 Å². The average molecular weight is 750 g/mol. The second kappa shape index (κ2) is 13.3. The molecule has 0 amide bonds. The van der Waals surface area contributed by atoms with Gasteiger partial charge in [-0.25, -0.2) is 34.9 Å². The Morgan fingerprint density at radius 1 is 0.448 bits per heavy atom. The molecule has 0 saturated heterocycles. The molecule has 11 heteroatoms. The topological polar surface area (TPSA) is 148 Å². The third kappa shape index (κ3) is 5.53. The maximum Gasteiger partial charge on any atom is 0.163 e. The Morgan fingerprint density at radius 2 is 0.948 bits per heavy atom. The first-order valence-electron chi connectivity index (χ1n) is 18.7. The molecule has 0 atom stereocenters. The lowest BCUT2D eigenvalue weighted by atomic mass is 9.99. The average Bonchev–Trinajstić information content (AvgIpc) is 3.74. The van der Waals surface area contributed by atoms with E-state index in [-0.39, 0.29) is 5.69 Å². The summed E-state index contributed by atoms with van der Waals surface area (Å²) in [5, 5.41) is 25.3. The van der Waals surface area contributed by atoms with Gasteiger partial charge in [-0.1, -0.05) is 60.7 Å². The molecule has 10 rings (SSSR count). The van der Waals surface area contributed by atoms with Crippen LogP contribution in [0.5, 0.6) is 0 Å². The molecular weight excluding hydrogens is 719 g/mol. The molecule has 58 heavy (non-hydrogen) atoms. The van der Waals surface area contributed by atoms with Crippen LogP contribution in [0.25, 0.3) is 88.9 Å². The maximum absolute atomic E-state index is 11.1. The van der Waals surface area contributed by atoms with Gasteiger partial charge in [-0.3, -0.25) is 0 Å². The maximum atomic E-state index is 11.1. The fourth-order valence-corrected chi connectivity index (χ4v) is 8.15. The number of nitrogens with zero attached hydrogens (tertiary/aromatic N) is 11. The van der Waals surface area contributed by atoms with Gasteiger partial charge in [0, 0.05) is 44.4 Å². The molecule has 5 aromatic carbocycles. The summed E-state index contributed by atoms with van der Waals surface area (Å²) in [7, 11) is 0. The first-order chi connectivity index (χ1) is 28.3. The summed E-state index contributed by atoms with van der Waals surface area (Å²) in [6, 6.07) is 41.4. The number of fused-ring (bicyclic) bond motifs is 6. The van der Waals surface area contributed by atoms with Crippen LogP contribution >= 0.6 is 0 Å². The first-order valence-corrected chi connectivity index (χ1v) is 18.7. The van der Waals surface area contributed by atoms with Crippen molar-refractivity contribution in [3.05, 3.63) is 150 Å². The van der Waals surface area contributed by atoms with Gasteiger partial charge in [-0.05, 0) is 81.8 Å². The van der Waals surface area contributed by atoms with Crippen molar-refractivity contribution in [2.45, 2.75) is 27.7 Å². The number of nitriles is 2. The fourth-order valence-electron chi connectivity index (χ4n) is 8.15. The summed E-state index contributed by atoms with van der Waals surface area (Å²) in [6.45, 7) is 7.45. The van der Waals surface area contributed by atoms with Gasteiger partial charge in [0.15, 0.2) is 11.6 Å². The molecule has 0 fully saturated rings. The third-order valence-electron chi connectivity index (χ3n) is 10.5. The van der Waals surface area contributed by atoms with E-state index in [1.807, 2.05) is 76.2 Å². The molecule has 274 valence electrons. The number of pyridine rings is 1. The van der Waals surface area contributed by atoms with Crippen molar-refractivity contribution in [1.82, 2.24) is 44.0 Å². The zero-order valence-electron chi connectivity index (χ0n) is 31.9. The monoisotopic (exact) mass is 749 g/mol. The predicted molar refractivity (Wildman–Crippen MR) is 224 cm³/mol. The second-order valence-corrected chi connectivity index (χ2v) is 14.2. The zero-order chi connectivity index (χ0) is 39.7. The van der Waals surface area contributed by atoms with Crippen molar-refractivity contribution in [2.75, 3.05) is 0 Å². The molecule has 0 bridgehead atoms. The van der Waals surface area contributed by atoms with Gasteiger partial charge >= 0.3 is 0 Å². The molecule has 5 heterocycles. The molecule has 0 aliphatic rings. The van der Waals surface area contributed by atoms with Gasteiger partial charge in [0.1, 0.15) is 41.1 Å². The van der Waals surface area contributed by atoms with Gasteiger partial charge in [0.05, 0.1) is 39.0 Å². The fraction of sp³-hybridized carbons (Fsp3) is 0.0851. The van der Waals surface area contributed by atoms with Crippen LogP contribution in [0.3, 0.4) is 0 Å². The zero-order valence-corrected chi connectivity index (χ0v) is 31.9. The molecular formula is C47H31N11. The number of rotatable bonds is 5. The van der Waals surface area contributed by atoms with Crippen LogP contribution in [0, 0.1) is 50.4 Å². The number of aromatic nitrogens is 9. The molecule has 0 aliphatic carbocycles. The van der Waals surface area contributed by atoms with Crippen LogP contribution in [0.1, 0.15) is 34.6 Å². The Kier molecular flexibility index (Phi) is 7.85. The summed E-state index contributed by atoms with van der Waals surface area (Å²) in [5.41, 5.74) is 9.12. The molecule has 0 unspecified atom stereocenters.